The maximum absolute atomic E-state index is 12.0. The lowest BCUT2D eigenvalue weighted by molar-refractivity contribution is -0.0191. The molecule has 104 valence electrons. The zero-order valence-electron chi connectivity index (χ0n) is 11.0. The molecule has 1 heterocycles. The Kier molecular flexibility index (Phi) is 3.91. The summed E-state index contributed by atoms with van der Waals surface area (Å²) in [5.74, 6) is -0.0316. The molecule has 1 saturated heterocycles. The van der Waals surface area contributed by atoms with Gasteiger partial charge in [-0.1, -0.05) is 6.92 Å². The third kappa shape index (κ3) is 2.79. The van der Waals surface area contributed by atoms with Gasteiger partial charge in [0.05, 0.1) is 16.8 Å². The fourth-order valence-corrected chi connectivity index (χ4v) is 2.79. The van der Waals surface area contributed by atoms with Gasteiger partial charge >= 0.3 is 0 Å². The van der Waals surface area contributed by atoms with Crippen molar-refractivity contribution in [3.05, 3.63) is 29.8 Å². The predicted molar refractivity (Wildman–Crippen MR) is 70.9 cm³/mol. The van der Waals surface area contributed by atoms with Gasteiger partial charge in [-0.2, -0.15) is 0 Å². The van der Waals surface area contributed by atoms with Crippen LogP contribution in [-0.4, -0.2) is 51.3 Å². The molecule has 0 aliphatic carbocycles. The van der Waals surface area contributed by atoms with E-state index >= 15 is 0 Å². The predicted octanol–water partition coefficient (Wildman–Crippen LogP) is 0.951. The fraction of sp³-hybridized carbons (Fsp3) is 0.462. The summed E-state index contributed by atoms with van der Waals surface area (Å²) in [6.07, 6.45) is 0.115. The molecule has 1 aliphatic rings. The quantitative estimate of drug-likeness (QED) is 0.825. The monoisotopic (exact) mass is 283 g/mol. The summed E-state index contributed by atoms with van der Waals surface area (Å²) in [6, 6.07) is 6.09. The highest BCUT2D eigenvalue weighted by Crippen LogP contribution is 2.17. The number of carbonyl (C=O) groups is 1. The van der Waals surface area contributed by atoms with Crippen LogP contribution in [-0.2, 0) is 14.6 Å². The molecule has 1 fully saturated rings. The molecule has 0 N–H and O–H groups in total. The summed E-state index contributed by atoms with van der Waals surface area (Å²) in [6.45, 7) is 2.77. The molecule has 19 heavy (non-hydrogen) atoms. The zero-order chi connectivity index (χ0) is 14.0. The van der Waals surface area contributed by atoms with E-state index in [2.05, 4.69) is 0 Å². The van der Waals surface area contributed by atoms with Crippen LogP contribution in [0.3, 0.4) is 0 Å². The van der Waals surface area contributed by atoms with Crippen molar-refractivity contribution in [1.82, 2.24) is 4.90 Å². The third-order valence-electron chi connectivity index (χ3n) is 3.31. The fourth-order valence-electron chi connectivity index (χ4n) is 1.91. The highest BCUT2D eigenvalue weighted by atomic mass is 32.2. The number of rotatable bonds is 4. The minimum atomic E-state index is -3.21. The molecular formula is C13H17NO4S. The van der Waals surface area contributed by atoms with Gasteiger partial charge in [-0.05, 0) is 24.3 Å². The van der Waals surface area contributed by atoms with E-state index in [1.165, 1.54) is 12.1 Å². The van der Waals surface area contributed by atoms with Crippen molar-refractivity contribution >= 4 is 15.7 Å². The summed E-state index contributed by atoms with van der Waals surface area (Å²) in [5.41, 5.74) is 0.504. The highest BCUT2D eigenvalue weighted by Gasteiger charge is 2.31. The van der Waals surface area contributed by atoms with Crippen molar-refractivity contribution in [3.63, 3.8) is 0 Å². The minimum Gasteiger partial charge on any atom is -0.378 e. The van der Waals surface area contributed by atoms with Crippen LogP contribution in [0.25, 0.3) is 0 Å². The van der Waals surface area contributed by atoms with Crippen LogP contribution in [0.1, 0.15) is 17.3 Å². The van der Waals surface area contributed by atoms with Crippen LogP contribution in [0.2, 0.25) is 0 Å². The Bertz CT molecular complexity index is 559. The summed E-state index contributed by atoms with van der Waals surface area (Å²) >= 11 is 0. The first kappa shape index (κ1) is 14.0. The van der Waals surface area contributed by atoms with Crippen molar-refractivity contribution in [1.29, 1.82) is 0 Å². The number of likely N-dealkylation sites (tertiary alicyclic amines) is 1. The van der Waals surface area contributed by atoms with Crippen molar-refractivity contribution in [3.8, 4) is 0 Å². The molecule has 6 heteroatoms. The summed E-state index contributed by atoms with van der Waals surface area (Å²) in [5, 5.41) is 0. The number of nitrogens with zero attached hydrogens (tertiary/aromatic N) is 1. The molecule has 0 unspecified atom stereocenters. The highest BCUT2D eigenvalue weighted by molar-refractivity contribution is 7.91. The number of hydrogen-bond donors (Lipinski definition) is 0. The second-order valence-electron chi connectivity index (χ2n) is 4.50. The molecule has 0 atom stereocenters. The summed E-state index contributed by atoms with van der Waals surface area (Å²) in [4.78, 5) is 14.0. The smallest absolute Gasteiger partial charge is 0.254 e. The lowest BCUT2D eigenvalue weighted by atomic mass is 10.1. The maximum atomic E-state index is 12.0. The van der Waals surface area contributed by atoms with E-state index in [4.69, 9.17) is 4.74 Å². The first-order valence-electron chi connectivity index (χ1n) is 6.13. The van der Waals surface area contributed by atoms with Gasteiger partial charge in [0.15, 0.2) is 9.84 Å². The molecule has 0 spiro atoms. The normalized spacial score (nSPS) is 16.2. The Morgan fingerprint density at radius 2 is 1.89 bits per heavy atom. The van der Waals surface area contributed by atoms with Gasteiger partial charge in [-0.15, -0.1) is 0 Å². The lowest BCUT2D eigenvalue weighted by Gasteiger charge is -2.38. The Hall–Kier alpha value is -1.40. The van der Waals surface area contributed by atoms with E-state index < -0.39 is 9.84 Å². The number of benzene rings is 1. The van der Waals surface area contributed by atoms with Crippen LogP contribution in [0.4, 0.5) is 0 Å². The molecule has 5 nitrogen and oxygen atoms in total. The molecule has 0 bridgehead atoms. The van der Waals surface area contributed by atoms with Gasteiger partial charge in [-0.25, -0.2) is 8.42 Å². The van der Waals surface area contributed by atoms with Gasteiger partial charge in [-0.3, -0.25) is 4.79 Å². The zero-order valence-corrected chi connectivity index (χ0v) is 11.8. The average Bonchev–Trinajstić information content (AvgIpc) is 2.37. The Morgan fingerprint density at radius 1 is 1.32 bits per heavy atom. The molecule has 0 saturated carbocycles. The van der Waals surface area contributed by atoms with E-state index in [9.17, 15) is 13.2 Å². The van der Waals surface area contributed by atoms with Crippen molar-refractivity contribution < 1.29 is 17.9 Å². The summed E-state index contributed by atoms with van der Waals surface area (Å²) < 4.78 is 28.4. The molecule has 1 aromatic rings. The number of ether oxygens (including phenoxy) is 1. The van der Waals surface area contributed by atoms with Gasteiger partial charge in [0.25, 0.3) is 5.91 Å². The lowest BCUT2D eigenvalue weighted by Crippen LogP contribution is -2.54. The number of carbonyl (C=O) groups excluding carboxylic acids is 1. The number of methoxy groups -OCH3 is 1. The van der Waals surface area contributed by atoms with E-state index in [1.807, 2.05) is 0 Å². The number of sulfone groups is 1. The molecule has 2 rings (SSSR count). The van der Waals surface area contributed by atoms with Crippen LogP contribution < -0.4 is 0 Å². The Morgan fingerprint density at radius 3 is 2.37 bits per heavy atom. The number of hydrogen-bond acceptors (Lipinski definition) is 4. The SMILES string of the molecule is CCS(=O)(=O)c1ccc(C(=O)N2CC(OC)C2)cc1. The standard InChI is InChI=1S/C13H17NO4S/c1-3-19(16,17)12-6-4-10(5-7-12)13(15)14-8-11(9-14)18-2/h4-7,11H,3,8-9H2,1-2H3. The maximum Gasteiger partial charge on any atom is 0.254 e. The topological polar surface area (TPSA) is 63.7 Å². The van der Waals surface area contributed by atoms with Crippen molar-refractivity contribution in [2.24, 2.45) is 0 Å². The van der Waals surface area contributed by atoms with Crippen molar-refractivity contribution in [2.45, 2.75) is 17.9 Å². The average molecular weight is 283 g/mol. The molecular weight excluding hydrogens is 266 g/mol. The van der Waals surface area contributed by atoms with Crippen LogP contribution in [0, 0.1) is 0 Å². The van der Waals surface area contributed by atoms with Crippen LogP contribution >= 0.6 is 0 Å². The molecule has 0 radical (unpaired) electrons. The Labute approximate surface area is 113 Å². The third-order valence-corrected chi connectivity index (χ3v) is 5.06. The first-order chi connectivity index (χ1) is 8.97. The minimum absolute atomic E-state index is 0.0575. The molecule has 1 aliphatic heterocycles. The van der Waals surface area contributed by atoms with Crippen LogP contribution in [0.5, 0.6) is 0 Å². The number of amides is 1. The van der Waals surface area contributed by atoms with E-state index in [0.29, 0.717) is 18.7 Å². The largest absolute Gasteiger partial charge is 0.378 e. The first-order valence-corrected chi connectivity index (χ1v) is 7.78. The summed E-state index contributed by atoms with van der Waals surface area (Å²) in [7, 11) is -1.59. The second-order valence-corrected chi connectivity index (χ2v) is 6.77. The van der Waals surface area contributed by atoms with E-state index in [-0.39, 0.29) is 22.7 Å². The van der Waals surface area contributed by atoms with Gasteiger partial charge < -0.3 is 9.64 Å². The van der Waals surface area contributed by atoms with Gasteiger partial charge in [0, 0.05) is 25.8 Å². The van der Waals surface area contributed by atoms with Gasteiger partial charge in [0.2, 0.25) is 0 Å². The molecule has 0 aromatic heterocycles. The Balaban J connectivity index is 2.09. The molecule has 1 amide bonds. The van der Waals surface area contributed by atoms with E-state index in [1.54, 1.807) is 31.1 Å². The van der Waals surface area contributed by atoms with E-state index in [0.717, 1.165) is 0 Å². The van der Waals surface area contributed by atoms with Crippen LogP contribution in [0.15, 0.2) is 29.2 Å². The molecule has 1 aromatic carbocycles. The van der Waals surface area contributed by atoms with Gasteiger partial charge in [0.1, 0.15) is 0 Å². The second kappa shape index (κ2) is 5.30. The van der Waals surface area contributed by atoms with Crippen molar-refractivity contribution in [2.75, 3.05) is 26.0 Å².